The summed E-state index contributed by atoms with van der Waals surface area (Å²) in [7, 11) is 0. The summed E-state index contributed by atoms with van der Waals surface area (Å²) in [5, 5.41) is 0. The first-order chi connectivity index (χ1) is 23.1. The zero-order valence-electron chi connectivity index (χ0n) is 34.2. The lowest BCUT2D eigenvalue weighted by Gasteiger charge is -2.22. The Balaban J connectivity index is -0.0000000820. The second kappa shape index (κ2) is 41.7. The molecular weight excluding hydrogens is 692 g/mol. The number of rotatable bonds is 0. The molecule has 3 fully saturated rings. The van der Waals surface area contributed by atoms with Crippen LogP contribution in [0.25, 0.3) is 0 Å². The first-order valence-electron chi connectivity index (χ1n) is 19.9. The van der Waals surface area contributed by atoms with Crippen molar-refractivity contribution >= 4 is 0 Å². The summed E-state index contributed by atoms with van der Waals surface area (Å²) in [5.41, 5.74) is 7.00. The number of halogens is 1. The van der Waals surface area contributed by atoms with Crippen LogP contribution in [-0.2, 0) is 0 Å². The minimum atomic E-state index is -0.116. The molecule has 0 atom stereocenters. The summed E-state index contributed by atoms with van der Waals surface area (Å²) in [4.78, 5) is 0. The van der Waals surface area contributed by atoms with Gasteiger partial charge in [-0.25, -0.2) is 4.39 Å². The fourth-order valence-corrected chi connectivity index (χ4v) is 6.25. The van der Waals surface area contributed by atoms with Gasteiger partial charge in [-0.15, -0.1) is 0 Å². The van der Waals surface area contributed by atoms with Gasteiger partial charge in [0.2, 0.25) is 0 Å². The Morgan fingerprint density at radius 2 is 0.456 bits per heavy atom. The molecule has 0 heterocycles. The van der Waals surface area contributed by atoms with Gasteiger partial charge in [0.1, 0.15) is 5.82 Å². The van der Waals surface area contributed by atoms with E-state index in [1.807, 2.05) is 13.0 Å². The Morgan fingerprint density at radius 3 is 0.596 bits per heavy atom. The van der Waals surface area contributed by atoms with Crippen molar-refractivity contribution in [2.75, 3.05) is 0 Å². The van der Waals surface area contributed by atoms with E-state index in [0.29, 0.717) is 5.56 Å². The van der Waals surface area contributed by atoms with Gasteiger partial charge in [-0.1, -0.05) is 261 Å². The molecule has 0 bridgehead atoms. The molecule has 0 aliphatic heterocycles. The maximum atomic E-state index is 12.6. The summed E-state index contributed by atoms with van der Waals surface area (Å²) in [6.07, 6.45) is 17.7. The molecule has 0 spiro atoms. The highest BCUT2D eigenvalue weighted by Crippen LogP contribution is 2.28. The van der Waals surface area contributed by atoms with Crippen LogP contribution in [0.5, 0.6) is 0 Å². The maximum Gasteiger partial charge on any atom is 0.126 e. The van der Waals surface area contributed by atoms with Gasteiger partial charge in [0.05, 0.1) is 0 Å². The van der Waals surface area contributed by atoms with Gasteiger partial charge in [0.15, 0.2) is 0 Å². The van der Waals surface area contributed by atoms with Crippen molar-refractivity contribution in [2.24, 2.45) is 35.5 Å². The van der Waals surface area contributed by atoms with Crippen LogP contribution in [0.2, 0.25) is 0 Å². The monoisotopic (exact) mass is 801 g/mol. The average molecular weight is 801 g/mol. The third kappa shape index (κ3) is 38.9. The van der Waals surface area contributed by atoms with Crippen molar-refractivity contribution in [3.05, 3.63) is 106 Å². The first kappa shape index (κ1) is 72.2. The molecule has 0 nitrogen and oxygen atoms in total. The quantitative estimate of drug-likeness (QED) is 0.212. The molecule has 6 rings (SSSR count). The molecule has 3 saturated carbocycles. The van der Waals surface area contributed by atoms with Gasteiger partial charge in [0.25, 0.3) is 0 Å². The van der Waals surface area contributed by atoms with Gasteiger partial charge in [0, 0.05) is 0 Å². The standard InChI is InChI=1S/C8H9F.3C8H16.2C8H10.8CH4/c1-6-3-4-7(2)8(9)5-6;5*1-7-3-5-8(2)6-4-7;;;;;;;;/h3-5H,1-2H3;3*7-8H,3-6H2,1-2H3;2*3-6H,1-2H3;8*1H4. The second-order valence-electron chi connectivity index (χ2n) is 16.7. The minimum Gasteiger partial charge on any atom is -0.207 e. The van der Waals surface area contributed by atoms with Crippen LogP contribution in [0, 0.1) is 82.9 Å². The predicted molar refractivity (Wildman–Crippen MR) is 272 cm³/mol. The molecule has 0 aromatic heterocycles. The lowest BCUT2D eigenvalue weighted by Crippen LogP contribution is -2.08. The molecule has 3 aromatic rings. The average Bonchev–Trinajstić information content (AvgIpc) is 3.08. The summed E-state index contributed by atoms with van der Waals surface area (Å²) < 4.78 is 12.6. The lowest BCUT2D eigenvalue weighted by atomic mass is 9.84. The van der Waals surface area contributed by atoms with Crippen molar-refractivity contribution in [2.45, 2.75) is 220 Å². The van der Waals surface area contributed by atoms with E-state index in [4.69, 9.17) is 0 Å². The van der Waals surface area contributed by atoms with Crippen LogP contribution in [0.15, 0.2) is 66.7 Å². The number of benzene rings is 3. The highest BCUT2D eigenvalue weighted by atomic mass is 19.1. The van der Waals surface area contributed by atoms with Crippen LogP contribution in [-0.4, -0.2) is 0 Å². The summed E-state index contributed by atoms with van der Waals surface area (Å²) in [5.74, 6) is 6.00. The van der Waals surface area contributed by atoms with Crippen molar-refractivity contribution in [1.29, 1.82) is 0 Å². The Kier molecular flexibility index (Phi) is 52.9. The predicted octanol–water partition coefficient (Wildman–Crippen LogP) is 20.6. The van der Waals surface area contributed by atoms with Crippen LogP contribution < -0.4 is 0 Å². The molecular formula is C56H109F. The molecule has 0 saturated heterocycles. The molecule has 1 heteroatoms. The molecule has 0 amide bonds. The van der Waals surface area contributed by atoms with E-state index in [1.165, 1.54) is 105 Å². The van der Waals surface area contributed by atoms with Crippen LogP contribution in [0.1, 0.15) is 211 Å². The fraction of sp³-hybridized carbons (Fsp3) is 0.679. The fourth-order valence-electron chi connectivity index (χ4n) is 6.25. The molecule has 3 aromatic carbocycles. The van der Waals surface area contributed by atoms with Gasteiger partial charge >= 0.3 is 0 Å². The molecule has 340 valence electrons. The smallest absolute Gasteiger partial charge is 0.126 e. The van der Waals surface area contributed by atoms with E-state index >= 15 is 0 Å². The Labute approximate surface area is 364 Å². The van der Waals surface area contributed by atoms with E-state index in [1.54, 1.807) is 13.0 Å². The Hall–Kier alpha value is -2.41. The summed E-state index contributed by atoms with van der Waals surface area (Å²) in [6, 6.07) is 22.2. The number of hydrogen-bond donors (Lipinski definition) is 0. The van der Waals surface area contributed by atoms with Gasteiger partial charge in [-0.2, -0.15) is 0 Å². The molecule has 57 heavy (non-hydrogen) atoms. The van der Waals surface area contributed by atoms with Gasteiger partial charge in [-0.3, -0.25) is 0 Å². The number of hydrogen-bond acceptors (Lipinski definition) is 0. The molecule has 3 aliphatic carbocycles. The number of aryl methyl sites for hydroxylation is 6. The zero-order valence-corrected chi connectivity index (χ0v) is 34.2. The molecule has 3 aliphatic rings. The van der Waals surface area contributed by atoms with Crippen LogP contribution in [0.3, 0.4) is 0 Å². The molecule has 0 radical (unpaired) electrons. The third-order valence-electron chi connectivity index (χ3n) is 10.7. The van der Waals surface area contributed by atoms with Crippen LogP contribution in [0.4, 0.5) is 4.39 Å². The molecule has 0 N–H and O–H groups in total. The van der Waals surface area contributed by atoms with Crippen LogP contribution >= 0.6 is 0 Å². The Morgan fingerprint density at radius 1 is 0.298 bits per heavy atom. The first-order valence-corrected chi connectivity index (χ1v) is 19.9. The van der Waals surface area contributed by atoms with Gasteiger partial charge < -0.3 is 0 Å². The zero-order chi connectivity index (χ0) is 36.8. The van der Waals surface area contributed by atoms with E-state index in [2.05, 4.69) is 118 Å². The van der Waals surface area contributed by atoms with Crippen molar-refractivity contribution in [3.8, 4) is 0 Å². The van der Waals surface area contributed by atoms with E-state index in [-0.39, 0.29) is 65.2 Å². The van der Waals surface area contributed by atoms with E-state index in [9.17, 15) is 4.39 Å². The summed E-state index contributed by atoms with van der Waals surface area (Å²) >= 11 is 0. The highest BCUT2D eigenvalue weighted by Gasteiger charge is 2.14. The Bertz CT molecular complexity index is 1040. The third-order valence-corrected chi connectivity index (χ3v) is 10.7. The van der Waals surface area contributed by atoms with Crippen molar-refractivity contribution in [1.82, 2.24) is 0 Å². The topological polar surface area (TPSA) is 0 Å². The second-order valence-corrected chi connectivity index (χ2v) is 16.7. The van der Waals surface area contributed by atoms with E-state index in [0.717, 1.165) is 41.1 Å². The largest absolute Gasteiger partial charge is 0.207 e. The van der Waals surface area contributed by atoms with Gasteiger partial charge in [-0.05, 0) is 94.2 Å². The molecule has 0 unspecified atom stereocenters. The minimum absolute atomic E-state index is 0. The lowest BCUT2D eigenvalue weighted by molar-refractivity contribution is 0.308. The maximum absolute atomic E-state index is 12.6. The van der Waals surface area contributed by atoms with Crippen molar-refractivity contribution in [3.63, 3.8) is 0 Å². The summed E-state index contributed by atoms with van der Waals surface area (Å²) in [6.45, 7) is 26.2. The highest BCUT2D eigenvalue weighted by molar-refractivity contribution is 5.22. The van der Waals surface area contributed by atoms with Crippen molar-refractivity contribution < 1.29 is 4.39 Å². The SMILES string of the molecule is C.C.C.C.C.C.C.C.CC1CCC(C)CC1.CC1CCC(C)CC1.CC1CCC(C)CC1.Cc1ccc(C)c(F)c1.Cc1ccc(C)cc1.Cc1ccc(C)cc1. The normalized spacial score (nSPS) is 20.9. The van der Waals surface area contributed by atoms with E-state index < -0.39 is 0 Å².